The highest BCUT2D eigenvalue weighted by molar-refractivity contribution is 5.80. The van der Waals surface area contributed by atoms with Crippen LogP contribution in [-0.2, 0) is 9.59 Å². The van der Waals surface area contributed by atoms with Gasteiger partial charge in [0.25, 0.3) is 0 Å². The molecule has 0 spiro atoms. The van der Waals surface area contributed by atoms with Crippen LogP contribution >= 0.6 is 0 Å². The fraction of sp³-hybridized carbons (Fsp3) is 0.944. The van der Waals surface area contributed by atoms with Crippen LogP contribution in [0.25, 0.3) is 0 Å². The van der Waals surface area contributed by atoms with Gasteiger partial charge in [-0.3, -0.25) is 9.59 Å². The molecule has 2 nitrogen and oxygen atoms in total. The predicted octanol–water partition coefficient (Wildman–Crippen LogP) is 12.2. The highest BCUT2D eigenvalue weighted by Crippen LogP contribution is 2.12. The lowest BCUT2D eigenvalue weighted by Gasteiger charge is -2.05. The Morgan fingerprint density at radius 2 is 0.684 bits per heavy atom. The molecule has 232 valence electrons. The van der Waals surface area contributed by atoms with Crippen LogP contribution in [0.3, 0.4) is 0 Å². The minimum atomic E-state index is 0.215. The normalized spacial score (nSPS) is 11.2. The lowest BCUT2D eigenvalue weighted by Crippen LogP contribution is -2.09. The summed E-state index contributed by atoms with van der Waals surface area (Å²) < 4.78 is 0. The fourth-order valence-corrected chi connectivity index (χ4v) is 3.38. The van der Waals surface area contributed by atoms with Gasteiger partial charge in [-0.15, -0.1) is 0 Å². The SMILES string of the molecule is CC(C)CC(=O)C(C)C.CC(C)CCC(C)C.CC(C)CCCC(C)C.CC(C)CCCCC(=O)C(C)C. The molecule has 0 fully saturated rings. The summed E-state index contributed by atoms with van der Waals surface area (Å²) in [6.07, 6.45) is 12.0. The summed E-state index contributed by atoms with van der Waals surface area (Å²) in [5.41, 5.74) is 0. The molecule has 0 aromatic heterocycles. The summed E-state index contributed by atoms with van der Waals surface area (Å²) in [5.74, 6) is 6.08. The van der Waals surface area contributed by atoms with Gasteiger partial charge in [0.05, 0.1) is 0 Å². The topological polar surface area (TPSA) is 34.1 Å². The molecule has 0 N–H and O–H groups in total. The predicted molar refractivity (Wildman–Crippen MR) is 175 cm³/mol. The highest BCUT2D eigenvalue weighted by Gasteiger charge is 2.08. The van der Waals surface area contributed by atoms with Crippen LogP contribution in [-0.4, -0.2) is 11.6 Å². The van der Waals surface area contributed by atoms with Crippen LogP contribution in [0.1, 0.15) is 175 Å². The third kappa shape index (κ3) is 48.4. The lowest BCUT2D eigenvalue weighted by atomic mass is 9.99. The van der Waals surface area contributed by atoms with Crippen molar-refractivity contribution in [1.29, 1.82) is 0 Å². The van der Waals surface area contributed by atoms with E-state index in [0.29, 0.717) is 17.5 Å². The molecular formula is C36H76O2. The van der Waals surface area contributed by atoms with E-state index in [1.54, 1.807) is 0 Å². The van der Waals surface area contributed by atoms with Crippen molar-refractivity contribution < 1.29 is 9.59 Å². The quantitative estimate of drug-likeness (QED) is 0.182. The molecule has 0 heterocycles. The Morgan fingerprint density at radius 3 is 0.921 bits per heavy atom. The molecule has 0 aliphatic carbocycles. The molecule has 0 rings (SSSR count). The molecule has 0 unspecified atom stereocenters. The summed E-state index contributed by atoms with van der Waals surface area (Å²) in [4.78, 5) is 22.1. The monoisotopic (exact) mass is 541 g/mol. The second-order valence-corrected chi connectivity index (χ2v) is 14.6. The Kier molecular flexibility index (Phi) is 34.2. The van der Waals surface area contributed by atoms with Crippen molar-refractivity contribution in [2.24, 2.45) is 47.3 Å². The average molecular weight is 541 g/mol. The van der Waals surface area contributed by atoms with Gasteiger partial charge in [0.1, 0.15) is 11.6 Å². The number of carbonyl (C=O) groups is 2. The number of unbranched alkanes of at least 4 members (excludes halogenated alkanes) is 1. The van der Waals surface area contributed by atoms with Gasteiger partial charge in [-0.25, -0.2) is 0 Å². The molecular weight excluding hydrogens is 464 g/mol. The molecule has 2 heteroatoms. The molecule has 0 bridgehead atoms. The zero-order valence-electron chi connectivity index (χ0n) is 29.5. The van der Waals surface area contributed by atoms with Gasteiger partial charge in [-0.05, 0) is 41.9 Å². The summed E-state index contributed by atoms with van der Waals surface area (Å²) in [5, 5.41) is 0. The maximum Gasteiger partial charge on any atom is 0.135 e. The van der Waals surface area contributed by atoms with Gasteiger partial charge in [0, 0.05) is 24.7 Å². The van der Waals surface area contributed by atoms with E-state index in [-0.39, 0.29) is 11.8 Å². The molecule has 0 radical (unpaired) electrons. The molecule has 0 saturated heterocycles. The summed E-state index contributed by atoms with van der Waals surface area (Å²) in [7, 11) is 0. The average Bonchev–Trinajstić information content (AvgIpc) is 2.75. The Bertz CT molecular complexity index is 479. The number of Topliss-reactive ketones (excluding diaryl/α,β-unsaturated/α-hetero) is 2. The molecule has 0 atom stereocenters. The first-order valence-corrected chi connectivity index (χ1v) is 16.4. The van der Waals surface area contributed by atoms with Gasteiger partial charge in [-0.1, -0.05) is 156 Å². The van der Waals surface area contributed by atoms with Crippen molar-refractivity contribution >= 4 is 11.6 Å². The first-order chi connectivity index (χ1) is 17.3. The molecule has 0 aromatic rings. The van der Waals surface area contributed by atoms with E-state index in [9.17, 15) is 9.59 Å². The van der Waals surface area contributed by atoms with E-state index >= 15 is 0 Å². The molecule has 0 saturated carbocycles. The van der Waals surface area contributed by atoms with Crippen LogP contribution in [0, 0.1) is 47.3 Å². The van der Waals surface area contributed by atoms with E-state index in [4.69, 9.17) is 0 Å². The van der Waals surface area contributed by atoms with E-state index in [2.05, 4.69) is 83.1 Å². The van der Waals surface area contributed by atoms with Crippen LogP contribution in [0.4, 0.5) is 0 Å². The number of rotatable bonds is 16. The van der Waals surface area contributed by atoms with Crippen molar-refractivity contribution in [1.82, 2.24) is 0 Å². The number of carbonyl (C=O) groups excluding carboxylic acids is 2. The Labute approximate surface area is 243 Å². The number of hydrogen-bond donors (Lipinski definition) is 0. The number of hydrogen-bond acceptors (Lipinski definition) is 2. The first kappa shape index (κ1) is 44.4. The standard InChI is InChI=1S/C11H22O.C9H20.C8H16O.C8H18/c1-9(2)7-5-6-8-11(12)10(3)4;1-8(2)6-5-7-9(3)4;1-6(2)5-8(9)7(3)4;1-7(2)5-6-8(3)4/h9-10H,5-8H2,1-4H3;8-9H,5-7H2,1-4H3;6-7H,5H2,1-4H3;7-8H,5-6H2,1-4H3. The van der Waals surface area contributed by atoms with Crippen LogP contribution in [0.15, 0.2) is 0 Å². The van der Waals surface area contributed by atoms with E-state index < -0.39 is 0 Å². The summed E-state index contributed by atoms with van der Waals surface area (Å²) in [6, 6.07) is 0. The molecule has 0 aliphatic heterocycles. The third-order valence-corrected chi connectivity index (χ3v) is 6.24. The van der Waals surface area contributed by atoms with Crippen molar-refractivity contribution in [3.05, 3.63) is 0 Å². The Balaban J connectivity index is -0.000000205. The van der Waals surface area contributed by atoms with Crippen LogP contribution in [0.5, 0.6) is 0 Å². The minimum Gasteiger partial charge on any atom is -0.299 e. The molecule has 38 heavy (non-hydrogen) atoms. The van der Waals surface area contributed by atoms with Gasteiger partial charge in [0.15, 0.2) is 0 Å². The van der Waals surface area contributed by atoms with E-state index in [1.807, 2.05) is 27.7 Å². The third-order valence-electron chi connectivity index (χ3n) is 6.24. The van der Waals surface area contributed by atoms with E-state index in [0.717, 1.165) is 48.9 Å². The second kappa shape index (κ2) is 29.3. The second-order valence-electron chi connectivity index (χ2n) is 14.6. The van der Waals surface area contributed by atoms with E-state index in [1.165, 1.54) is 44.9 Å². The highest BCUT2D eigenvalue weighted by atomic mass is 16.1. The zero-order valence-corrected chi connectivity index (χ0v) is 29.5. The maximum absolute atomic E-state index is 11.2. The van der Waals surface area contributed by atoms with Crippen LogP contribution < -0.4 is 0 Å². The van der Waals surface area contributed by atoms with Crippen molar-refractivity contribution in [3.63, 3.8) is 0 Å². The minimum absolute atomic E-state index is 0.215. The molecule has 0 amide bonds. The maximum atomic E-state index is 11.2. The smallest absolute Gasteiger partial charge is 0.135 e. The molecule has 0 aromatic carbocycles. The van der Waals surface area contributed by atoms with Crippen molar-refractivity contribution in [2.45, 2.75) is 175 Å². The van der Waals surface area contributed by atoms with Gasteiger partial charge >= 0.3 is 0 Å². The van der Waals surface area contributed by atoms with Crippen molar-refractivity contribution in [2.75, 3.05) is 0 Å². The Morgan fingerprint density at radius 1 is 0.368 bits per heavy atom. The van der Waals surface area contributed by atoms with Gasteiger partial charge < -0.3 is 0 Å². The summed E-state index contributed by atoms with van der Waals surface area (Å²) >= 11 is 0. The fourth-order valence-electron chi connectivity index (χ4n) is 3.38. The first-order valence-electron chi connectivity index (χ1n) is 16.4. The summed E-state index contributed by atoms with van der Waals surface area (Å²) in [6.45, 7) is 34.7. The number of ketones is 2. The van der Waals surface area contributed by atoms with Crippen molar-refractivity contribution in [3.8, 4) is 0 Å². The molecule has 0 aliphatic rings. The van der Waals surface area contributed by atoms with Gasteiger partial charge in [-0.2, -0.15) is 0 Å². The Hall–Kier alpha value is -0.660. The zero-order chi connectivity index (χ0) is 30.8. The van der Waals surface area contributed by atoms with Crippen LogP contribution in [0.2, 0.25) is 0 Å². The van der Waals surface area contributed by atoms with Gasteiger partial charge in [0.2, 0.25) is 0 Å². The lowest BCUT2D eigenvalue weighted by molar-refractivity contribution is -0.123. The largest absolute Gasteiger partial charge is 0.299 e.